The van der Waals surface area contributed by atoms with Gasteiger partial charge in [-0.1, -0.05) is 54.6 Å². The van der Waals surface area contributed by atoms with Gasteiger partial charge in [0.25, 0.3) is 0 Å². The zero-order valence-electron chi connectivity index (χ0n) is 23.0. The molecule has 4 aromatic carbocycles. The Balaban J connectivity index is 1.20. The second-order valence-electron chi connectivity index (χ2n) is 10.7. The molecule has 41 heavy (non-hydrogen) atoms. The first-order valence-electron chi connectivity index (χ1n) is 13.7. The molecule has 0 saturated heterocycles. The molecule has 0 fully saturated rings. The van der Waals surface area contributed by atoms with Gasteiger partial charge in [-0.3, -0.25) is 9.79 Å². The third-order valence-electron chi connectivity index (χ3n) is 7.47. The Morgan fingerprint density at radius 2 is 1.49 bits per heavy atom. The number of benzene rings is 4. The molecule has 0 atom stereocenters. The number of nitrogens with zero attached hydrogens (tertiary/aromatic N) is 3. The molecule has 204 valence electrons. The highest BCUT2D eigenvalue weighted by Gasteiger charge is 2.18. The number of Topliss-reactive ketones (excluding diaryl/α,β-unsaturated/α-hetero) is 1. The number of carboxylic acids is 1. The van der Waals surface area contributed by atoms with Gasteiger partial charge in [0.05, 0.1) is 28.0 Å². The van der Waals surface area contributed by atoms with Crippen LogP contribution in [-0.4, -0.2) is 58.1 Å². The van der Waals surface area contributed by atoms with Crippen LogP contribution in [0.3, 0.4) is 0 Å². The van der Waals surface area contributed by atoms with E-state index >= 15 is 0 Å². The first-order chi connectivity index (χ1) is 19.8. The Labute approximate surface area is 238 Å². The van der Waals surface area contributed by atoms with E-state index in [2.05, 4.69) is 40.2 Å². The van der Waals surface area contributed by atoms with Gasteiger partial charge in [-0.2, -0.15) is 0 Å². The van der Waals surface area contributed by atoms with Crippen molar-refractivity contribution >= 4 is 34.2 Å². The van der Waals surface area contributed by atoms with Gasteiger partial charge in [0.2, 0.25) is 0 Å². The highest BCUT2D eigenvalue weighted by atomic mass is 16.4. The van der Waals surface area contributed by atoms with Gasteiger partial charge in [0.1, 0.15) is 5.82 Å². The summed E-state index contributed by atoms with van der Waals surface area (Å²) >= 11 is 0. The van der Waals surface area contributed by atoms with Gasteiger partial charge < -0.3 is 15.0 Å². The third-order valence-corrected chi connectivity index (χ3v) is 7.47. The van der Waals surface area contributed by atoms with Crippen molar-refractivity contribution in [2.45, 2.75) is 19.3 Å². The number of carboxylic acid groups (broad SMARTS) is 1. The van der Waals surface area contributed by atoms with Crippen molar-refractivity contribution in [3.63, 3.8) is 0 Å². The molecule has 0 radical (unpaired) electrons. The zero-order chi connectivity index (χ0) is 28.5. The second kappa shape index (κ2) is 10.9. The molecule has 0 spiro atoms. The number of nitrogens with one attached hydrogen (secondary N) is 1. The SMILES string of the molecule is CN(C)CCCC(=O)c1ccc(-c2nc3ccc(-c4ccc5c(c4)N=C(c4ccc(C(=O)O)cc4)C5)cc3[nH]2)cc1. The van der Waals surface area contributed by atoms with Crippen LogP contribution in [0.2, 0.25) is 0 Å². The second-order valence-corrected chi connectivity index (χ2v) is 10.7. The minimum Gasteiger partial charge on any atom is -0.478 e. The van der Waals surface area contributed by atoms with Gasteiger partial charge >= 0.3 is 5.97 Å². The van der Waals surface area contributed by atoms with Crippen molar-refractivity contribution in [1.82, 2.24) is 14.9 Å². The molecule has 0 aliphatic carbocycles. The maximum atomic E-state index is 12.5. The molecule has 7 nitrogen and oxygen atoms in total. The molecule has 6 rings (SSSR count). The molecule has 1 aliphatic rings. The number of hydrogen-bond donors (Lipinski definition) is 2. The van der Waals surface area contributed by atoms with Crippen LogP contribution >= 0.6 is 0 Å². The molecule has 7 heteroatoms. The van der Waals surface area contributed by atoms with Crippen LogP contribution in [0.15, 0.2) is 89.9 Å². The summed E-state index contributed by atoms with van der Waals surface area (Å²) in [6.07, 6.45) is 2.10. The lowest BCUT2D eigenvalue weighted by molar-refractivity contribution is 0.0696. The molecule has 2 N–H and O–H groups in total. The van der Waals surface area contributed by atoms with Crippen molar-refractivity contribution in [1.29, 1.82) is 0 Å². The van der Waals surface area contributed by atoms with Crippen molar-refractivity contribution < 1.29 is 14.7 Å². The van der Waals surface area contributed by atoms with E-state index in [1.807, 2.05) is 56.6 Å². The third kappa shape index (κ3) is 5.58. The molecule has 5 aromatic rings. The number of aromatic nitrogens is 2. The van der Waals surface area contributed by atoms with Crippen LogP contribution < -0.4 is 0 Å². The van der Waals surface area contributed by atoms with Gasteiger partial charge in [0, 0.05) is 24.0 Å². The van der Waals surface area contributed by atoms with Crippen molar-refractivity contribution in [2.75, 3.05) is 20.6 Å². The van der Waals surface area contributed by atoms with Crippen molar-refractivity contribution in [3.05, 3.63) is 107 Å². The standard InChI is InChI=1S/C34H30N4O3/c1-38(2)17-3-4-32(39)22-7-9-23(10-8-22)33-36-28-16-15-26(19-31(28)37-33)25-13-14-27-20-29(35-30(27)18-25)21-5-11-24(12-6-21)34(40)41/h5-16,18-19H,3-4,17,20H2,1-2H3,(H,36,37)(H,40,41). The minimum absolute atomic E-state index is 0.162. The topological polar surface area (TPSA) is 98.7 Å². The van der Waals surface area contributed by atoms with Crippen LogP contribution in [-0.2, 0) is 6.42 Å². The predicted molar refractivity (Wildman–Crippen MR) is 162 cm³/mol. The first kappa shape index (κ1) is 26.3. The molecule has 0 bridgehead atoms. The average molecular weight is 543 g/mol. The van der Waals surface area contributed by atoms with Crippen molar-refractivity contribution in [2.24, 2.45) is 4.99 Å². The lowest BCUT2D eigenvalue weighted by atomic mass is 9.99. The normalized spacial score (nSPS) is 12.5. The molecular weight excluding hydrogens is 512 g/mol. The van der Waals surface area contributed by atoms with Crippen LogP contribution in [0, 0.1) is 0 Å². The molecular formula is C34H30N4O3. The summed E-state index contributed by atoms with van der Waals surface area (Å²) in [5.74, 6) is -0.00865. The van der Waals surface area contributed by atoms with Crippen LogP contribution in [0.25, 0.3) is 33.5 Å². The molecule has 0 unspecified atom stereocenters. The average Bonchev–Trinajstić information content (AvgIpc) is 3.60. The Bertz CT molecular complexity index is 1800. The number of aliphatic imine (C=N–C) groups is 1. The quantitative estimate of drug-likeness (QED) is 0.200. The first-order valence-corrected chi connectivity index (χ1v) is 13.7. The number of rotatable bonds is 9. The number of aromatic carboxylic acids is 1. The zero-order valence-corrected chi connectivity index (χ0v) is 23.0. The lowest BCUT2D eigenvalue weighted by Gasteiger charge is -2.08. The summed E-state index contributed by atoms with van der Waals surface area (Å²) in [6, 6.07) is 27.0. The largest absolute Gasteiger partial charge is 0.478 e. The molecule has 1 aromatic heterocycles. The Morgan fingerprint density at radius 3 is 2.22 bits per heavy atom. The summed E-state index contributed by atoms with van der Waals surface area (Å²) in [5.41, 5.74) is 9.80. The number of carbonyl (C=O) groups excluding carboxylic acids is 1. The number of imidazole rings is 1. The number of H-pyrrole nitrogens is 1. The summed E-state index contributed by atoms with van der Waals surface area (Å²) in [5, 5.41) is 9.16. The van der Waals surface area contributed by atoms with E-state index in [1.165, 1.54) is 0 Å². The maximum absolute atomic E-state index is 12.5. The Hall–Kier alpha value is -4.88. The predicted octanol–water partition coefficient (Wildman–Crippen LogP) is 6.80. The van der Waals surface area contributed by atoms with Crippen molar-refractivity contribution in [3.8, 4) is 22.5 Å². The van der Waals surface area contributed by atoms with Crippen LogP contribution in [0.5, 0.6) is 0 Å². The fourth-order valence-electron chi connectivity index (χ4n) is 5.17. The maximum Gasteiger partial charge on any atom is 0.335 e. The summed E-state index contributed by atoms with van der Waals surface area (Å²) in [4.78, 5) is 38.8. The van der Waals surface area contributed by atoms with Gasteiger partial charge in [-0.05, 0) is 79.6 Å². The molecule has 0 saturated carbocycles. The number of hydrogen-bond acceptors (Lipinski definition) is 5. The monoisotopic (exact) mass is 542 g/mol. The lowest BCUT2D eigenvalue weighted by Crippen LogP contribution is -2.14. The molecule has 0 amide bonds. The van der Waals surface area contributed by atoms with Crippen LogP contribution in [0.1, 0.15) is 44.7 Å². The van der Waals surface area contributed by atoms with Gasteiger partial charge in [-0.25, -0.2) is 9.78 Å². The molecule has 1 aliphatic heterocycles. The fourth-order valence-corrected chi connectivity index (χ4v) is 5.17. The van der Waals surface area contributed by atoms with Crippen LogP contribution in [0.4, 0.5) is 5.69 Å². The van der Waals surface area contributed by atoms with E-state index in [0.29, 0.717) is 12.8 Å². The highest BCUT2D eigenvalue weighted by Crippen LogP contribution is 2.34. The van der Waals surface area contributed by atoms with Gasteiger partial charge in [-0.15, -0.1) is 0 Å². The summed E-state index contributed by atoms with van der Waals surface area (Å²) in [7, 11) is 4.03. The summed E-state index contributed by atoms with van der Waals surface area (Å²) in [6.45, 7) is 0.898. The number of ketones is 1. The van der Waals surface area contributed by atoms with E-state index < -0.39 is 5.97 Å². The summed E-state index contributed by atoms with van der Waals surface area (Å²) < 4.78 is 0. The highest BCUT2D eigenvalue weighted by molar-refractivity contribution is 6.07. The van der Waals surface area contributed by atoms with E-state index in [1.54, 1.807) is 12.1 Å². The Kier molecular flexibility index (Phi) is 7.03. The van der Waals surface area contributed by atoms with E-state index in [0.717, 1.165) is 74.6 Å². The van der Waals surface area contributed by atoms with E-state index in [9.17, 15) is 9.59 Å². The van der Waals surface area contributed by atoms with E-state index in [-0.39, 0.29) is 11.3 Å². The molecule has 2 heterocycles. The van der Waals surface area contributed by atoms with E-state index in [4.69, 9.17) is 15.1 Å². The number of carbonyl (C=O) groups is 2. The smallest absolute Gasteiger partial charge is 0.335 e. The Morgan fingerprint density at radius 1 is 0.829 bits per heavy atom. The number of aromatic amines is 1. The minimum atomic E-state index is -0.935. The fraction of sp³-hybridized carbons (Fsp3) is 0.176. The van der Waals surface area contributed by atoms with Gasteiger partial charge in [0.15, 0.2) is 5.78 Å². The number of fused-ring (bicyclic) bond motifs is 2.